The Balaban J connectivity index is 0.00000185. The van der Waals surface area contributed by atoms with Crippen molar-refractivity contribution in [1.29, 1.82) is 0 Å². The number of benzene rings is 1. The quantitative estimate of drug-likeness (QED) is 0.665. The predicted octanol–water partition coefficient (Wildman–Crippen LogP) is 5.36. The summed E-state index contributed by atoms with van der Waals surface area (Å²) in [6.07, 6.45) is 0.800. The van der Waals surface area contributed by atoms with Crippen LogP contribution in [0.15, 0.2) is 24.3 Å². The van der Waals surface area contributed by atoms with Crippen molar-refractivity contribution in [2.45, 2.75) is 47.3 Å². The molecule has 1 aromatic heterocycles. The van der Waals surface area contributed by atoms with Crippen molar-refractivity contribution < 1.29 is 14.6 Å². The number of thioether (sulfide) groups is 1. The Bertz CT molecular complexity index is 641. The lowest BCUT2D eigenvalue weighted by Gasteiger charge is -2.07. The maximum absolute atomic E-state index is 10.5. The van der Waals surface area contributed by atoms with Crippen LogP contribution >= 0.6 is 23.1 Å². The molecule has 1 heterocycles. The molecule has 0 saturated carbocycles. The van der Waals surface area contributed by atoms with E-state index in [1.165, 1.54) is 16.6 Å². The van der Waals surface area contributed by atoms with Crippen molar-refractivity contribution in [1.82, 2.24) is 4.98 Å². The number of hydrogen-bond donors (Lipinski definition) is 1. The Morgan fingerprint density at radius 2 is 2.04 bits per heavy atom. The van der Waals surface area contributed by atoms with Crippen LogP contribution in [0.4, 0.5) is 0 Å². The third-order valence-corrected chi connectivity index (χ3v) is 4.92. The Kier molecular flexibility index (Phi) is 12.0. The smallest absolute Gasteiger partial charge is 0.313 e. The number of carbonyl (C=O) groups is 1. The highest BCUT2D eigenvalue weighted by molar-refractivity contribution is 7.99. The molecule has 25 heavy (non-hydrogen) atoms. The van der Waals surface area contributed by atoms with E-state index in [0.29, 0.717) is 12.4 Å². The molecule has 1 N–H and O–H groups in total. The van der Waals surface area contributed by atoms with Crippen LogP contribution < -0.4 is 4.74 Å². The predicted molar refractivity (Wildman–Crippen MR) is 109 cm³/mol. The second kappa shape index (κ2) is 12.8. The number of nitrogens with zero attached hydrogens (tertiary/aromatic N) is 1. The molecule has 0 amide bonds. The first-order valence-corrected chi connectivity index (χ1v) is 9.96. The summed E-state index contributed by atoms with van der Waals surface area (Å²) >= 11 is 3.10. The Morgan fingerprint density at radius 1 is 1.32 bits per heavy atom. The van der Waals surface area contributed by atoms with Crippen LogP contribution in [0.3, 0.4) is 0 Å². The summed E-state index contributed by atoms with van der Waals surface area (Å²) in [5.41, 5.74) is 2.18. The normalized spacial score (nSPS) is 9.60. The number of carboxylic acid groups (broad SMARTS) is 1. The molecular weight excluding hydrogens is 354 g/mol. The zero-order valence-electron chi connectivity index (χ0n) is 14.7. The van der Waals surface area contributed by atoms with Crippen LogP contribution in [0.1, 0.15) is 42.4 Å². The zero-order valence-corrected chi connectivity index (χ0v) is 16.3. The number of aryl methyl sites for hydroxylation is 2. The number of ether oxygens (including phenoxy) is 1. The molecule has 0 saturated heterocycles. The van der Waals surface area contributed by atoms with Gasteiger partial charge in [-0.15, -0.1) is 23.1 Å². The van der Waals surface area contributed by atoms with E-state index < -0.39 is 5.97 Å². The summed E-state index contributed by atoms with van der Waals surface area (Å²) in [4.78, 5) is 16.3. The molecule has 140 valence electrons. The Morgan fingerprint density at radius 3 is 2.64 bits per heavy atom. The minimum Gasteiger partial charge on any atom is -0.493 e. The topological polar surface area (TPSA) is 59.4 Å². The molecule has 4 nitrogen and oxygen atoms in total. The summed E-state index contributed by atoms with van der Waals surface area (Å²) in [7, 11) is 0. The fourth-order valence-electron chi connectivity index (χ4n) is 2.05. The molecule has 2 rings (SSSR count). The van der Waals surface area contributed by atoms with Crippen LogP contribution in [-0.2, 0) is 17.0 Å². The number of thiazole rings is 1. The lowest BCUT2D eigenvalue weighted by molar-refractivity contribution is -0.133. The molecule has 1 aromatic carbocycles. The highest BCUT2D eigenvalue weighted by Gasteiger charge is 2.05. The molecule has 2 aromatic rings. The summed E-state index contributed by atoms with van der Waals surface area (Å²) in [6.45, 7) is 8.69. The molecule has 0 fully saturated rings. The van der Waals surface area contributed by atoms with Gasteiger partial charge in [0, 0.05) is 17.1 Å². The Hall–Kier alpha value is -1.53. The minimum atomic E-state index is -0.786. The molecule has 0 aliphatic rings. The number of rotatable bonds is 8. The van der Waals surface area contributed by atoms with Crippen LogP contribution in [0.25, 0.3) is 0 Å². The maximum atomic E-state index is 10.5. The van der Waals surface area contributed by atoms with E-state index in [2.05, 4.69) is 11.9 Å². The maximum Gasteiger partial charge on any atom is 0.313 e. The number of carboxylic acids is 1. The number of hydrogen-bond acceptors (Lipinski definition) is 5. The zero-order chi connectivity index (χ0) is 17.9. The van der Waals surface area contributed by atoms with Gasteiger partial charge in [-0.2, -0.15) is 0 Å². The van der Waals surface area contributed by atoms with Gasteiger partial charge in [-0.3, -0.25) is 4.79 Å². The highest BCUT2D eigenvalue weighted by atomic mass is 32.2. The standard InChI is InChI=1S/C16H19NO3S2.C2H6.CH4/c1-11-15(17-12(2)22-11)6-7-20-14-5-3-4-13(8-14)9-21-10-16(18)19;1-2;/h3-5,8H,6-7,9-10H2,1-2H3,(H,18,19);1-2H3;1H4. The van der Waals surface area contributed by atoms with Gasteiger partial charge in [-0.05, 0) is 31.5 Å². The molecule has 0 radical (unpaired) electrons. The fourth-order valence-corrected chi connectivity index (χ4v) is 3.61. The van der Waals surface area contributed by atoms with Gasteiger partial charge < -0.3 is 9.84 Å². The van der Waals surface area contributed by atoms with Crippen molar-refractivity contribution in [2.24, 2.45) is 0 Å². The second-order valence-corrected chi connectivity index (χ2v) is 7.26. The third-order valence-electron chi connectivity index (χ3n) is 3.00. The summed E-state index contributed by atoms with van der Waals surface area (Å²) in [5, 5.41) is 9.73. The monoisotopic (exact) mass is 383 g/mol. The van der Waals surface area contributed by atoms with Gasteiger partial charge in [0.1, 0.15) is 5.75 Å². The van der Waals surface area contributed by atoms with Crippen LogP contribution in [-0.4, -0.2) is 28.4 Å². The largest absolute Gasteiger partial charge is 0.493 e. The minimum absolute atomic E-state index is 0. The summed E-state index contributed by atoms with van der Waals surface area (Å²) in [6, 6.07) is 7.80. The van der Waals surface area contributed by atoms with Crippen molar-refractivity contribution in [3.8, 4) is 5.75 Å². The fraction of sp³-hybridized carbons (Fsp3) is 0.474. The lowest BCUT2D eigenvalue weighted by atomic mass is 10.2. The van der Waals surface area contributed by atoms with Gasteiger partial charge in [-0.1, -0.05) is 33.4 Å². The first kappa shape index (κ1) is 23.5. The van der Waals surface area contributed by atoms with Crippen molar-refractivity contribution in [2.75, 3.05) is 12.4 Å². The van der Waals surface area contributed by atoms with Crippen molar-refractivity contribution in [3.05, 3.63) is 45.4 Å². The Labute approximate surface area is 159 Å². The summed E-state index contributed by atoms with van der Waals surface area (Å²) < 4.78 is 5.78. The van der Waals surface area contributed by atoms with Gasteiger partial charge in [-0.25, -0.2) is 4.98 Å². The van der Waals surface area contributed by atoms with Gasteiger partial charge >= 0.3 is 5.97 Å². The third kappa shape index (κ3) is 8.93. The van der Waals surface area contributed by atoms with Gasteiger partial charge in [0.25, 0.3) is 0 Å². The molecule has 0 atom stereocenters. The van der Waals surface area contributed by atoms with E-state index in [9.17, 15) is 4.79 Å². The van der Waals surface area contributed by atoms with E-state index in [1.807, 2.05) is 45.0 Å². The molecule has 0 bridgehead atoms. The molecule has 0 aliphatic carbocycles. The van der Waals surface area contributed by atoms with Crippen LogP contribution in [0.5, 0.6) is 5.75 Å². The average molecular weight is 384 g/mol. The second-order valence-electron chi connectivity index (χ2n) is 4.87. The molecule has 6 heteroatoms. The SMILES string of the molecule is C.CC.Cc1nc(CCOc2cccc(CSCC(=O)O)c2)c(C)s1. The van der Waals surface area contributed by atoms with E-state index in [1.54, 1.807) is 11.3 Å². The van der Waals surface area contributed by atoms with E-state index in [-0.39, 0.29) is 13.2 Å². The first-order valence-electron chi connectivity index (χ1n) is 7.99. The summed E-state index contributed by atoms with van der Waals surface area (Å²) in [5.74, 6) is 0.825. The van der Waals surface area contributed by atoms with Crippen molar-refractivity contribution >= 4 is 29.1 Å². The van der Waals surface area contributed by atoms with Crippen molar-refractivity contribution in [3.63, 3.8) is 0 Å². The first-order chi connectivity index (χ1) is 11.5. The van der Waals surface area contributed by atoms with E-state index in [4.69, 9.17) is 9.84 Å². The highest BCUT2D eigenvalue weighted by Crippen LogP contribution is 2.20. The molecule has 0 spiro atoms. The molecule has 0 unspecified atom stereocenters. The van der Waals surface area contributed by atoms with Gasteiger partial charge in [0.05, 0.1) is 23.1 Å². The van der Waals surface area contributed by atoms with Gasteiger partial charge in [0.2, 0.25) is 0 Å². The van der Waals surface area contributed by atoms with E-state index >= 15 is 0 Å². The van der Waals surface area contributed by atoms with Gasteiger partial charge in [0.15, 0.2) is 0 Å². The molecular formula is C19H29NO3S2. The average Bonchev–Trinajstić information content (AvgIpc) is 2.87. The molecule has 0 aliphatic heterocycles. The van der Waals surface area contributed by atoms with E-state index in [0.717, 1.165) is 28.4 Å². The van der Waals surface area contributed by atoms with Crippen LogP contribution in [0.2, 0.25) is 0 Å². The number of aromatic nitrogens is 1. The lowest BCUT2D eigenvalue weighted by Crippen LogP contribution is -2.03. The van der Waals surface area contributed by atoms with Crippen LogP contribution in [0, 0.1) is 13.8 Å². The number of aliphatic carboxylic acids is 1.